The van der Waals surface area contributed by atoms with Crippen molar-refractivity contribution >= 4 is 40.0 Å². The third kappa shape index (κ3) is 3.91. The van der Waals surface area contributed by atoms with E-state index in [1.165, 1.54) is 5.71 Å². The van der Waals surface area contributed by atoms with Crippen LogP contribution < -0.4 is 5.32 Å². The summed E-state index contributed by atoms with van der Waals surface area (Å²) in [7, 11) is 0. The predicted octanol–water partition coefficient (Wildman–Crippen LogP) is 4.07. The third-order valence-corrected chi connectivity index (χ3v) is 6.99. The molecule has 1 aliphatic carbocycles. The van der Waals surface area contributed by atoms with Crippen molar-refractivity contribution in [2.24, 2.45) is 0 Å². The minimum absolute atomic E-state index is 0.136. The van der Waals surface area contributed by atoms with E-state index in [0.717, 1.165) is 54.8 Å². The van der Waals surface area contributed by atoms with Crippen molar-refractivity contribution in [2.75, 3.05) is 13.1 Å². The fourth-order valence-electron chi connectivity index (χ4n) is 4.88. The van der Waals surface area contributed by atoms with Crippen molar-refractivity contribution in [1.82, 2.24) is 20.2 Å². The van der Waals surface area contributed by atoms with E-state index >= 15 is 0 Å². The first-order valence-corrected chi connectivity index (χ1v) is 11.9. The summed E-state index contributed by atoms with van der Waals surface area (Å²) in [5.74, 6) is 0.671. The van der Waals surface area contributed by atoms with E-state index in [4.69, 9.17) is 21.0 Å². The third-order valence-electron chi connectivity index (χ3n) is 6.75. The Hall–Kier alpha value is -3.19. The van der Waals surface area contributed by atoms with Gasteiger partial charge in [0.15, 0.2) is 11.8 Å². The second kappa shape index (κ2) is 7.99. The number of oxazole rings is 1. The lowest BCUT2D eigenvalue weighted by Gasteiger charge is -2.30. The number of rotatable bonds is 5. The number of hydrogen-bond acceptors (Lipinski definition) is 5. The van der Waals surface area contributed by atoms with Gasteiger partial charge in [-0.05, 0) is 43.5 Å². The maximum atomic E-state index is 11.8. The fourth-order valence-corrected chi connectivity index (χ4v) is 5.04. The molecule has 2 unspecified atom stereocenters. The zero-order chi connectivity index (χ0) is 22.5. The van der Waals surface area contributed by atoms with E-state index < -0.39 is 0 Å². The number of amides is 1. The Morgan fingerprint density at radius 3 is 3.03 bits per heavy atom. The van der Waals surface area contributed by atoms with Gasteiger partial charge in [-0.25, -0.2) is 4.98 Å². The van der Waals surface area contributed by atoms with Gasteiger partial charge in [-0.1, -0.05) is 18.5 Å². The molecule has 0 radical (unpaired) electrons. The summed E-state index contributed by atoms with van der Waals surface area (Å²) in [6.07, 6.45) is 7.63. The van der Waals surface area contributed by atoms with Crippen LogP contribution in [0.25, 0.3) is 28.3 Å². The molecule has 0 bridgehead atoms. The summed E-state index contributed by atoms with van der Waals surface area (Å²) in [6, 6.07) is 10.1. The van der Waals surface area contributed by atoms with Crippen molar-refractivity contribution in [3.63, 3.8) is 0 Å². The van der Waals surface area contributed by atoms with Gasteiger partial charge in [0, 0.05) is 35.8 Å². The zero-order valence-corrected chi connectivity index (χ0v) is 19.2. The first-order valence-electron chi connectivity index (χ1n) is 11.5. The largest absolute Gasteiger partial charge is 0.436 e. The Morgan fingerprint density at radius 1 is 1.30 bits per heavy atom. The number of carbonyl (C=O) groups excluding carboxylic acids is 1. The molecule has 3 aliphatic rings. The minimum atomic E-state index is 0.136. The summed E-state index contributed by atoms with van der Waals surface area (Å²) in [6.45, 7) is 3.85. The number of hydrogen-bond donors (Lipinski definition) is 1. The molecule has 4 heterocycles. The molecule has 3 aromatic rings. The molecule has 2 atom stereocenters. The average molecular weight is 463 g/mol. The highest BCUT2D eigenvalue weighted by Gasteiger charge is 2.43. The molecule has 1 saturated carbocycles. The molecule has 1 fully saturated rings. The van der Waals surface area contributed by atoms with Crippen LogP contribution in [0.3, 0.4) is 0 Å². The smallest absolute Gasteiger partial charge is 0.243 e. The highest BCUT2D eigenvalue weighted by molar-refractivity contribution is 6.31. The topological polar surface area (TPSA) is 74.3 Å². The van der Waals surface area contributed by atoms with E-state index in [1.807, 2.05) is 31.3 Å². The highest BCUT2D eigenvalue weighted by Crippen LogP contribution is 2.34. The van der Waals surface area contributed by atoms with Crippen LogP contribution in [0.5, 0.6) is 0 Å². The highest BCUT2D eigenvalue weighted by atomic mass is 35.5. The van der Waals surface area contributed by atoms with E-state index in [0.29, 0.717) is 29.0 Å². The van der Waals surface area contributed by atoms with Crippen molar-refractivity contribution < 1.29 is 13.8 Å². The Morgan fingerprint density at radius 2 is 2.21 bits per heavy atom. The molecule has 33 heavy (non-hydrogen) atoms. The van der Waals surface area contributed by atoms with Gasteiger partial charge in [0.2, 0.25) is 24.1 Å². The van der Waals surface area contributed by atoms with Gasteiger partial charge in [0.1, 0.15) is 17.8 Å². The monoisotopic (exact) mass is 462 g/mol. The lowest BCUT2D eigenvalue weighted by atomic mass is 10.1. The molecule has 2 aromatic heterocycles. The molecular formula is C25H25ClN5O2+. The molecule has 1 N–H and O–H groups in total. The lowest BCUT2D eigenvalue weighted by Crippen LogP contribution is -2.39. The van der Waals surface area contributed by atoms with E-state index in [2.05, 4.69) is 26.0 Å². The number of halogens is 1. The average Bonchev–Trinajstić information content (AvgIpc) is 3.22. The van der Waals surface area contributed by atoms with Gasteiger partial charge in [-0.3, -0.25) is 9.78 Å². The zero-order valence-electron chi connectivity index (χ0n) is 18.4. The van der Waals surface area contributed by atoms with Crippen LogP contribution >= 0.6 is 11.6 Å². The van der Waals surface area contributed by atoms with Crippen molar-refractivity contribution in [1.29, 1.82) is 0 Å². The molecule has 2 aliphatic heterocycles. The lowest BCUT2D eigenvalue weighted by molar-refractivity contribution is -0.362. The second-order valence-corrected chi connectivity index (χ2v) is 9.42. The van der Waals surface area contributed by atoms with Crippen LogP contribution in [-0.2, 0) is 4.79 Å². The minimum Gasteiger partial charge on any atom is -0.436 e. The number of nitrogens with zero attached hydrogens (tertiary/aromatic N) is 4. The van der Waals surface area contributed by atoms with E-state index in [-0.39, 0.29) is 11.9 Å². The quantitative estimate of drug-likeness (QED) is 0.578. The Kier molecular flexibility index (Phi) is 4.94. The summed E-state index contributed by atoms with van der Waals surface area (Å²) >= 11 is 6.07. The van der Waals surface area contributed by atoms with E-state index in [9.17, 15) is 4.79 Å². The predicted molar refractivity (Wildman–Crippen MR) is 127 cm³/mol. The number of pyridine rings is 1. The number of benzene rings is 1. The van der Waals surface area contributed by atoms with Gasteiger partial charge in [-0.2, -0.15) is 4.58 Å². The molecule has 7 nitrogen and oxygen atoms in total. The van der Waals surface area contributed by atoms with E-state index in [1.54, 1.807) is 12.1 Å². The van der Waals surface area contributed by atoms with Crippen molar-refractivity contribution in [3.05, 3.63) is 53.4 Å². The molecule has 6 rings (SSSR count). The van der Waals surface area contributed by atoms with Crippen molar-refractivity contribution in [3.8, 4) is 11.5 Å². The van der Waals surface area contributed by atoms with Crippen LogP contribution in [0.15, 0.2) is 47.1 Å². The summed E-state index contributed by atoms with van der Waals surface area (Å²) in [5, 5.41) is 3.79. The maximum absolute atomic E-state index is 11.8. The number of carbonyl (C=O) groups is 1. The van der Waals surface area contributed by atoms with Gasteiger partial charge in [0.05, 0.1) is 11.3 Å². The molecular weight excluding hydrogens is 438 g/mol. The van der Waals surface area contributed by atoms with Crippen LogP contribution in [0.2, 0.25) is 5.02 Å². The summed E-state index contributed by atoms with van der Waals surface area (Å²) in [5.41, 5.74) is 5.79. The number of fused-ring (bicyclic) bond motifs is 1. The maximum Gasteiger partial charge on any atom is 0.243 e. The van der Waals surface area contributed by atoms with Gasteiger partial charge in [-0.15, -0.1) is 0 Å². The first-order chi connectivity index (χ1) is 16.1. The molecule has 0 spiro atoms. The Labute approximate surface area is 196 Å². The number of aromatic nitrogens is 2. The molecule has 1 aromatic carbocycles. The first kappa shape index (κ1) is 20.4. The van der Waals surface area contributed by atoms with Crippen LogP contribution in [0, 0.1) is 0 Å². The van der Waals surface area contributed by atoms with Crippen LogP contribution in [0.1, 0.15) is 38.3 Å². The fraction of sp³-hybridized carbons (Fsp3) is 0.360. The Bertz CT molecular complexity index is 1310. The SMILES string of the molecule is CCC(=O)NC1CCC(N2CC3=[N+](C=C2c2ccc(-c4nc5ccc(Cl)cc5o4)cn2)C3)C1. The van der Waals surface area contributed by atoms with Gasteiger partial charge >= 0.3 is 0 Å². The number of nitrogens with one attached hydrogen (secondary N) is 1. The molecule has 1 amide bonds. The summed E-state index contributed by atoms with van der Waals surface area (Å²) in [4.78, 5) is 23.7. The van der Waals surface area contributed by atoms with Crippen LogP contribution in [0.4, 0.5) is 0 Å². The molecule has 8 heteroatoms. The second-order valence-electron chi connectivity index (χ2n) is 8.98. The molecule has 168 valence electrons. The standard InChI is InChI=1S/C25H24ClN5O2/c1-2-24(32)28-17-5-6-18(10-17)31-13-19-12-30(19)14-22(31)20-7-3-15(11-27-20)25-29-21-8-4-16(26)9-23(21)33-25/h3-4,7-9,11,14,17-18H,2,5-6,10,12-13H2,1H3/p+1. The van der Waals surface area contributed by atoms with Crippen molar-refractivity contribution in [2.45, 2.75) is 44.7 Å². The van der Waals surface area contributed by atoms with Gasteiger partial charge < -0.3 is 14.6 Å². The molecule has 0 saturated heterocycles. The Balaban J connectivity index is 1.24. The van der Waals surface area contributed by atoms with Crippen LogP contribution in [-0.4, -0.2) is 56.2 Å². The summed E-state index contributed by atoms with van der Waals surface area (Å²) < 4.78 is 8.18. The normalized spacial score (nSPS) is 21.9. The van der Waals surface area contributed by atoms with Gasteiger partial charge in [0.25, 0.3) is 0 Å².